The normalized spacial score (nSPS) is 13.1. The number of nitrogens with two attached hydrogens (primary N) is 1. The Balaban J connectivity index is 1.49. The van der Waals surface area contributed by atoms with Crippen molar-refractivity contribution in [2.75, 3.05) is 0 Å². The van der Waals surface area contributed by atoms with Crippen LogP contribution < -0.4 is 16.4 Å². The van der Waals surface area contributed by atoms with Crippen LogP contribution in [0.15, 0.2) is 79.0 Å². The molecular weight excluding hydrogens is 551 g/mol. The topological polar surface area (TPSA) is 163 Å². The Morgan fingerprint density at radius 1 is 0.976 bits per heavy atom. The summed E-state index contributed by atoms with van der Waals surface area (Å²) in [5, 5.41) is 25.3. The number of carboxylic acids is 1. The van der Waals surface area contributed by atoms with Gasteiger partial charge in [0, 0.05) is 16.6 Å². The van der Waals surface area contributed by atoms with Crippen LogP contribution in [-0.2, 0) is 22.4 Å². The molecule has 4 aromatic rings. The fourth-order valence-electron chi connectivity index (χ4n) is 4.33. The quantitative estimate of drug-likeness (QED) is 0.172. The zero-order valence-electron chi connectivity index (χ0n) is 21.8. The van der Waals surface area contributed by atoms with Gasteiger partial charge in [0.2, 0.25) is 5.91 Å². The van der Waals surface area contributed by atoms with Gasteiger partial charge in [-0.1, -0.05) is 66.2 Å². The Bertz CT molecular complexity index is 1490. The monoisotopic (exact) mass is 578 g/mol. The van der Waals surface area contributed by atoms with Crippen LogP contribution in [0.25, 0.3) is 11.1 Å². The SMILES string of the molecule is NC(Cc1ccccc1)C(=O)NC(CC(Cc1ccc(-c2cc(Cl)ccc2F)cc1)NC(=O)c1cn[nH]n1)C(=O)O. The minimum Gasteiger partial charge on any atom is -0.480 e. The van der Waals surface area contributed by atoms with Gasteiger partial charge in [-0.25, -0.2) is 9.18 Å². The third-order valence-electron chi connectivity index (χ3n) is 6.43. The van der Waals surface area contributed by atoms with Crippen LogP contribution in [0.1, 0.15) is 28.0 Å². The lowest BCUT2D eigenvalue weighted by Crippen LogP contribution is -2.52. The maximum absolute atomic E-state index is 14.3. The summed E-state index contributed by atoms with van der Waals surface area (Å²) in [5.74, 6) is -2.91. The van der Waals surface area contributed by atoms with Crippen LogP contribution in [0.2, 0.25) is 5.02 Å². The number of rotatable bonds is 12. The van der Waals surface area contributed by atoms with Crippen molar-refractivity contribution in [1.29, 1.82) is 0 Å². The predicted molar refractivity (Wildman–Crippen MR) is 150 cm³/mol. The van der Waals surface area contributed by atoms with Gasteiger partial charge in [0.25, 0.3) is 5.91 Å². The maximum atomic E-state index is 14.3. The number of aromatic amines is 1. The van der Waals surface area contributed by atoms with Gasteiger partial charge >= 0.3 is 5.97 Å². The second-order valence-electron chi connectivity index (χ2n) is 9.48. The first kappa shape index (κ1) is 29.4. The van der Waals surface area contributed by atoms with Crippen molar-refractivity contribution in [3.05, 3.63) is 107 Å². The zero-order valence-corrected chi connectivity index (χ0v) is 22.5. The molecule has 0 aliphatic carbocycles. The van der Waals surface area contributed by atoms with Crippen LogP contribution in [0.4, 0.5) is 4.39 Å². The van der Waals surface area contributed by atoms with Crippen molar-refractivity contribution in [2.24, 2.45) is 5.73 Å². The third kappa shape index (κ3) is 8.19. The van der Waals surface area contributed by atoms with Crippen molar-refractivity contribution in [2.45, 2.75) is 37.4 Å². The number of benzene rings is 3. The third-order valence-corrected chi connectivity index (χ3v) is 6.66. The summed E-state index contributed by atoms with van der Waals surface area (Å²) in [4.78, 5) is 37.7. The maximum Gasteiger partial charge on any atom is 0.326 e. The second kappa shape index (κ2) is 13.6. The van der Waals surface area contributed by atoms with Gasteiger partial charge < -0.3 is 21.5 Å². The Labute approximate surface area is 240 Å². The van der Waals surface area contributed by atoms with Gasteiger partial charge in [0.05, 0.1) is 12.2 Å². The molecule has 3 aromatic carbocycles. The van der Waals surface area contributed by atoms with E-state index in [0.29, 0.717) is 16.1 Å². The van der Waals surface area contributed by atoms with Crippen molar-refractivity contribution in [3.63, 3.8) is 0 Å². The first-order valence-corrected chi connectivity index (χ1v) is 13.1. The van der Waals surface area contributed by atoms with E-state index in [-0.39, 0.29) is 25.0 Å². The van der Waals surface area contributed by atoms with Crippen molar-refractivity contribution >= 4 is 29.4 Å². The Hall–Kier alpha value is -4.61. The number of amides is 2. The van der Waals surface area contributed by atoms with E-state index >= 15 is 0 Å². The second-order valence-corrected chi connectivity index (χ2v) is 9.92. The number of carbonyl (C=O) groups is 3. The van der Waals surface area contributed by atoms with Crippen LogP contribution in [0.3, 0.4) is 0 Å². The molecule has 0 radical (unpaired) electrons. The van der Waals surface area contributed by atoms with Gasteiger partial charge in [0.1, 0.15) is 11.9 Å². The van der Waals surface area contributed by atoms with E-state index in [0.717, 1.165) is 11.1 Å². The molecule has 41 heavy (non-hydrogen) atoms. The molecule has 212 valence electrons. The zero-order chi connectivity index (χ0) is 29.4. The highest BCUT2D eigenvalue weighted by Crippen LogP contribution is 2.26. The summed E-state index contributed by atoms with van der Waals surface area (Å²) >= 11 is 6.02. The van der Waals surface area contributed by atoms with E-state index in [4.69, 9.17) is 17.3 Å². The summed E-state index contributed by atoms with van der Waals surface area (Å²) in [6, 6.07) is 17.3. The lowest BCUT2D eigenvalue weighted by molar-refractivity contribution is -0.142. The van der Waals surface area contributed by atoms with Gasteiger partial charge in [0.15, 0.2) is 5.69 Å². The fraction of sp³-hybridized carbons (Fsp3) is 0.207. The summed E-state index contributed by atoms with van der Waals surface area (Å²) in [6.45, 7) is 0. The Morgan fingerprint density at radius 3 is 2.34 bits per heavy atom. The number of hydrogen-bond acceptors (Lipinski definition) is 6. The predicted octanol–water partition coefficient (Wildman–Crippen LogP) is 3.13. The molecule has 0 bridgehead atoms. The number of carbonyl (C=O) groups excluding carboxylic acids is 2. The summed E-state index contributed by atoms with van der Waals surface area (Å²) in [7, 11) is 0. The van der Waals surface area contributed by atoms with Crippen LogP contribution in [0, 0.1) is 5.82 Å². The number of aliphatic carboxylic acids is 1. The van der Waals surface area contributed by atoms with E-state index < -0.39 is 41.7 Å². The average molecular weight is 579 g/mol. The Morgan fingerprint density at radius 2 is 1.68 bits per heavy atom. The standard InChI is InChI=1S/C29H28ClFN6O4/c30-20-10-11-23(31)22(14-20)19-8-6-18(7-9-19)12-21(34-28(39)26-16-33-37-36-26)15-25(29(40)41)35-27(38)24(32)13-17-4-2-1-3-5-17/h1-11,14,16,21,24-25H,12-13,15,32H2,(H,34,39)(H,35,38)(H,40,41)(H,33,36,37). The van der Waals surface area contributed by atoms with Crippen molar-refractivity contribution in [3.8, 4) is 11.1 Å². The van der Waals surface area contributed by atoms with Gasteiger partial charge in [-0.15, -0.1) is 0 Å². The minimum absolute atomic E-state index is 0.0163. The van der Waals surface area contributed by atoms with Gasteiger partial charge in [-0.05, 0) is 54.2 Å². The number of aromatic nitrogens is 3. The van der Waals surface area contributed by atoms with Crippen LogP contribution in [0.5, 0.6) is 0 Å². The molecule has 1 aromatic heterocycles. The molecule has 0 saturated heterocycles. The summed E-state index contributed by atoms with van der Waals surface area (Å²) in [5.41, 5.74) is 8.57. The lowest BCUT2D eigenvalue weighted by Gasteiger charge is -2.24. The van der Waals surface area contributed by atoms with E-state index in [1.807, 2.05) is 30.3 Å². The minimum atomic E-state index is -1.34. The fourth-order valence-corrected chi connectivity index (χ4v) is 4.50. The van der Waals surface area contributed by atoms with E-state index in [2.05, 4.69) is 26.0 Å². The van der Waals surface area contributed by atoms with Crippen molar-refractivity contribution < 1.29 is 23.9 Å². The molecule has 2 amide bonds. The highest BCUT2D eigenvalue weighted by molar-refractivity contribution is 6.30. The van der Waals surface area contributed by atoms with Gasteiger partial charge in [-0.2, -0.15) is 15.4 Å². The lowest BCUT2D eigenvalue weighted by atomic mass is 9.96. The molecule has 10 nitrogen and oxygen atoms in total. The first-order valence-electron chi connectivity index (χ1n) is 12.7. The van der Waals surface area contributed by atoms with Gasteiger partial charge in [-0.3, -0.25) is 9.59 Å². The molecule has 12 heteroatoms. The van der Waals surface area contributed by atoms with Crippen LogP contribution >= 0.6 is 11.6 Å². The molecule has 3 atom stereocenters. The largest absolute Gasteiger partial charge is 0.480 e. The molecule has 0 aliphatic heterocycles. The molecule has 3 unspecified atom stereocenters. The molecule has 0 fully saturated rings. The highest BCUT2D eigenvalue weighted by atomic mass is 35.5. The molecule has 0 spiro atoms. The van der Waals surface area contributed by atoms with E-state index in [1.54, 1.807) is 24.3 Å². The molecule has 6 N–H and O–H groups in total. The molecular formula is C29H28ClFN6O4. The number of carboxylic acid groups (broad SMARTS) is 1. The Kier molecular flexibility index (Phi) is 9.77. The van der Waals surface area contributed by atoms with Crippen LogP contribution in [-0.4, -0.2) is 56.4 Å². The number of hydrogen-bond donors (Lipinski definition) is 5. The summed E-state index contributed by atoms with van der Waals surface area (Å²) in [6.07, 6.45) is 1.52. The number of nitrogens with one attached hydrogen (secondary N) is 3. The number of halogens is 2. The molecule has 0 saturated carbocycles. The van der Waals surface area contributed by atoms with Crippen molar-refractivity contribution in [1.82, 2.24) is 26.0 Å². The highest BCUT2D eigenvalue weighted by Gasteiger charge is 2.28. The first-order chi connectivity index (χ1) is 19.7. The van der Waals surface area contributed by atoms with E-state index in [9.17, 15) is 23.9 Å². The molecule has 0 aliphatic rings. The van der Waals surface area contributed by atoms with E-state index in [1.165, 1.54) is 24.4 Å². The molecule has 4 rings (SSSR count). The number of H-pyrrole nitrogens is 1. The number of nitrogens with zero attached hydrogens (tertiary/aromatic N) is 2. The smallest absolute Gasteiger partial charge is 0.326 e. The molecule has 1 heterocycles. The summed E-state index contributed by atoms with van der Waals surface area (Å²) < 4.78 is 14.3. The average Bonchev–Trinajstić information content (AvgIpc) is 3.50.